The number of rotatable bonds is 12. The van der Waals surface area contributed by atoms with Crippen molar-refractivity contribution in [1.82, 2.24) is 0 Å². The Balaban J connectivity index is 1.66. The summed E-state index contributed by atoms with van der Waals surface area (Å²) in [4.78, 5) is 26.6. The van der Waals surface area contributed by atoms with Gasteiger partial charge in [0, 0.05) is 11.3 Å². The van der Waals surface area contributed by atoms with Crippen molar-refractivity contribution in [1.29, 1.82) is 0 Å². The van der Waals surface area contributed by atoms with Crippen molar-refractivity contribution in [3.63, 3.8) is 0 Å². The first-order valence-electron chi connectivity index (χ1n) is 12.1. The second kappa shape index (κ2) is 12.6. The zero-order valence-electron chi connectivity index (χ0n) is 20.0. The predicted molar refractivity (Wildman–Crippen MR) is 132 cm³/mol. The van der Waals surface area contributed by atoms with Crippen LogP contribution in [-0.2, 0) is 28.8 Å². The average Bonchev–Trinajstić information content (AvgIpc) is 3.17. The van der Waals surface area contributed by atoms with E-state index in [2.05, 4.69) is 12.2 Å². The van der Waals surface area contributed by atoms with E-state index in [9.17, 15) is 9.59 Å². The summed E-state index contributed by atoms with van der Waals surface area (Å²) in [5.74, 6) is 0.997. The molecule has 0 bridgehead atoms. The first-order chi connectivity index (χ1) is 16.1. The van der Waals surface area contributed by atoms with E-state index in [0.29, 0.717) is 49.0 Å². The van der Waals surface area contributed by atoms with E-state index in [-0.39, 0.29) is 11.9 Å². The Labute approximate surface area is 200 Å². The minimum absolute atomic E-state index is 0.111. The number of benzene rings is 1. The molecule has 33 heavy (non-hydrogen) atoms. The maximum atomic E-state index is 12.8. The molecule has 0 saturated carbocycles. The molecule has 0 fully saturated rings. The number of amides is 1. The fraction of sp³-hybridized carbons (Fsp3) is 0.538. The molecule has 0 radical (unpaired) electrons. The second-order valence-electron chi connectivity index (χ2n) is 8.10. The summed E-state index contributed by atoms with van der Waals surface area (Å²) in [5.41, 5.74) is 2.62. The summed E-state index contributed by atoms with van der Waals surface area (Å²) in [6.45, 7) is 7.39. The number of nitrogens with one attached hydrogen (secondary N) is 1. The molecule has 0 aliphatic heterocycles. The average molecular weight is 474 g/mol. The molecule has 0 saturated heterocycles. The molecule has 3 rings (SSSR count). The van der Waals surface area contributed by atoms with Gasteiger partial charge in [-0.2, -0.15) is 0 Å². The van der Waals surface area contributed by atoms with Gasteiger partial charge in [-0.15, -0.1) is 11.3 Å². The Kier molecular flexibility index (Phi) is 9.61. The Bertz CT molecular complexity index is 952. The minimum atomic E-state index is -0.341. The van der Waals surface area contributed by atoms with Crippen LogP contribution in [0.4, 0.5) is 5.00 Å². The van der Waals surface area contributed by atoms with Crippen molar-refractivity contribution in [2.24, 2.45) is 0 Å². The van der Waals surface area contributed by atoms with E-state index in [4.69, 9.17) is 14.2 Å². The lowest BCUT2D eigenvalue weighted by molar-refractivity contribution is -0.116. The molecule has 180 valence electrons. The number of carbonyl (C=O) groups excluding carboxylic acids is 2. The number of fused-ring (bicyclic) bond motifs is 1. The lowest BCUT2D eigenvalue weighted by atomic mass is 9.95. The number of esters is 1. The van der Waals surface area contributed by atoms with E-state index in [1.807, 2.05) is 25.1 Å². The number of ether oxygens (including phenoxy) is 3. The van der Waals surface area contributed by atoms with Gasteiger partial charge in [-0.25, -0.2) is 4.79 Å². The van der Waals surface area contributed by atoms with Crippen molar-refractivity contribution in [2.45, 2.75) is 72.1 Å². The number of carbonyl (C=O) groups is 2. The van der Waals surface area contributed by atoms with E-state index >= 15 is 0 Å². The smallest absolute Gasteiger partial charge is 0.341 e. The monoisotopic (exact) mass is 473 g/mol. The highest BCUT2D eigenvalue weighted by Gasteiger charge is 2.27. The van der Waals surface area contributed by atoms with Gasteiger partial charge in [-0.1, -0.05) is 19.4 Å². The van der Waals surface area contributed by atoms with Gasteiger partial charge < -0.3 is 19.5 Å². The standard InChI is InChI=1S/C26H35NO5S/c1-4-7-16-32-20-14-12-18(17-21(20)30-5-2)13-15-23(28)27-25-24(26(29)31-6-3)19-10-8-9-11-22(19)33-25/h12,14,17H,4-11,13,15-16H2,1-3H3,(H,27,28). The molecule has 1 aromatic carbocycles. The van der Waals surface area contributed by atoms with Crippen LogP contribution in [0.5, 0.6) is 11.5 Å². The summed E-state index contributed by atoms with van der Waals surface area (Å²) < 4.78 is 16.9. The third-order valence-corrected chi connectivity index (χ3v) is 6.82. The normalized spacial score (nSPS) is 12.7. The summed E-state index contributed by atoms with van der Waals surface area (Å²) in [6, 6.07) is 5.84. The molecule has 6 nitrogen and oxygen atoms in total. The molecule has 2 aromatic rings. The summed E-state index contributed by atoms with van der Waals surface area (Å²) in [7, 11) is 0. The maximum absolute atomic E-state index is 12.8. The molecule has 1 N–H and O–H groups in total. The van der Waals surface area contributed by atoms with Crippen LogP contribution in [-0.4, -0.2) is 31.7 Å². The number of unbranched alkanes of at least 4 members (excludes halogenated alkanes) is 1. The van der Waals surface area contributed by atoms with Crippen molar-refractivity contribution in [3.8, 4) is 11.5 Å². The van der Waals surface area contributed by atoms with Crippen molar-refractivity contribution < 1.29 is 23.8 Å². The number of hydrogen-bond donors (Lipinski definition) is 1. The fourth-order valence-electron chi connectivity index (χ4n) is 3.94. The van der Waals surface area contributed by atoms with Gasteiger partial charge in [-0.3, -0.25) is 4.79 Å². The zero-order valence-corrected chi connectivity index (χ0v) is 20.8. The van der Waals surface area contributed by atoms with Crippen molar-refractivity contribution in [3.05, 3.63) is 39.8 Å². The van der Waals surface area contributed by atoms with Crippen molar-refractivity contribution in [2.75, 3.05) is 25.1 Å². The molecule has 1 aliphatic carbocycles. The molecule has 1 heterocycles. The summed E-state index contributed by atoms with van der Waals surface area (Å²) in [5, 5.41) is 3.61. The number of thiophene rings is 1. The van der Waals surface area contributed by atoms with E-state index in [0.717, 1.165) is 55.4 Å². The Morgan fingerprint density at radius 3 is 2.61 bits per heavy atom. The highest BCUT2D eigenvalue weighted by atomic mass is 32.1. The van der Waals surface area contributed by atoms with E-state index in [1.165, 1.54) is 16.2 Å². The molecule has 1 amide bonds. The van der Waals surface area contributed by atoms with Gasteiger partial charge in [0.2, 0.25) is 5.91 Å². The molecule has 7 heteroatoms. The van der Waals surface area contributed by atoms with Gasteiger partial charge in [0.15, 0.2) is 11.5 Å². The Hall–Kier alpha value is -2.54. The van der Waals surface area contributed by atoms with Crippen LogP contribution in [0.25, 0.3) is 0 Å². The highest BCUT2D eigenvalue weighted by Crippen LogP contribution is 2.38. The molecule has 1 aliphatic rings. The lowest BCUT2D eigenvalue weighted by Gasteiger charge is -2.13. The highest BCUT2D eigenvalue weighted by molar-refractivity contribution is 7.17. The van der Waals surface area contributed by atoms with E-state index in [1.54, 1.807) is 6.92 Å². The van der Waals surface area contributed by atoms with Crippen molar-refractivity contribution >= 4 is 28.2 Å². The molecule has 0 atom stereocenters. The topological polar surface area (TPSA) is 73.9 Å². The number of anilines is 1. The molecular weight excluding hydrogens is 438 g/mol. The Morgan fingerprint density at radius 2 is 1.85 bits per heavy atom. The molecular formula is C26H35NO5S. The predicted octanol–water partition coefficient (Wildman–Crippen LogP) is 5.95. The van der Waals surface area contributed by atoms with Crippen LogP contribution in [0.3, 0.4) is 0 Å². The number of hydrogen-bond acceptors (Lipinski definition) is 6. The molecule has 1 aromatic heterocycles. The first kappa shape index (κ1) is 25.1. The first-order valence-corrected chi connectivity index (χ1v) is 12.9. The zero-order chi connectivity index (χ0) is 23.6. The second-order valence-corrected chi connectivity index (χ2v) is 9.20. The van der Waals surface area contributed by atoms with Gasteiger partial charge in [0.25, 0.3) is 0 Å². The largest absolute Gasteiger partial charge is 0.490 e. The number of aryl methyl sites for hydroxylation is 2. The fourth-order valence-corrected chi connectivity index (χ4v) is 5.24. The van der Waals surface area contributed by atoms with E-state index < -0.39 is 0 Å². The molecule has 0 unspecified atom stereocenters. The lowest BCUT2D eigenvalue weighted by Crippen LogP contribution is -2.16. The SMILES string of the molecule is CCCCOc1ccc(CCC(=O)Nc2sc3c(c2C(=O)OCC)CCCC3)cc1OCC. The van der Waals surface area contributed by atoms with Crippen LogP contribution < -0.4 is 14.8 Å². The van der Waals surface area contributed by atoms with Crippen LogP contribution in [0, 0.1) is 0 Å². The van der Waals surface area contributed by atoms with Crippen LogP contribution >= 0.6 is 11.3 Å². The summed E-state index contributed by atoms with van der Waals surface area (Å²) in [6.07, 6.45) is 6.94. The Morgan fingerprint density at radius 1 is 1.03 bits per heavy atom. The van der Waals surface area contributed by atoms with Crippen LogP contribution in [0.1, 0.15) is 79.2 Å². The quantitative estimate of drug-likeness (QED) is 0.304. The third-order valence-electron chi connectivity index (χ3n) is 5.61. The van der Waals surface area contributed by atoms with Gasteiger partial charge in [0.05, 0.1) is 25.4 Å². The van der Waals surface area contributed by atoms with Gasteiger partial charge in [0.1, 0.15) is 5.00 Å². The van der Waals surface area contributed by atoms with Crippen LogP contribution in [0.2, 0.25) is 0 Å². The minimum Gasteiger partial charge on any atom is -0.490 e. The van der Waals surface area contributed by atoms with Crippen LogP contribution in [0.15, 0.2) is 18.2 Å². The third kappa shape index (κ3) is 6.73. The maximum Gasteiger partial charge on any atom is 0.341 e. The van der Waals surface area contributed by atoms with Gasteiger partial charge in [-0.05, 0) is 75.6 Å². The van der Waals surface area contributed by atoms with Gasteiger partial charge >= 0.3 is 5.97 Å². The summed E-state index contributed by atoms with van der Waals surface area (Å²) >= 11 is 1.52. The molecule has 0 spiro atoms.